The SMILES string of the molecule is COC(=O)C1=CCCC1c1ccc(C(F)(F)F)cc1. The standard InChI is InChI=1S/C14H13F3O2/c1-19-13(18)12-4-2-3-11(12)9-5-7-10(8-6-9)14(15,16)17/h4-8,11H,2-3H2,1H3. The van der Waals surface area contributed by atoms with Crippen molar-refractivity contribution in [2.24, 2.45) is 0 Å². The summed E-state index contributed by atoms with van der Waals surface area (Å²) in [5.74, 6) is -0.586. The summed E-state index contributed by atoms with van der Waals surface area (Å²) in [5, 5.41) is 0. The van der Waals surface area contributed by atoms with Crippen LogP contribution in [0.2, 0.25) is 0 Å². The van der Waals surface area contributed by atoms with E-state index in [9.17, 15) is 18.0 Å². The maximum absolute atomic E-state index is 12.5. The molecule has 0 saturated carbocycles. The summed E-state index contributed by atoms with van der Waals surface area (Å²) < 4.78 is 42.1. The summed E-state index contributed by atoms with van der Waals surface area (Å²) in [6, 6.07) is 4.94. The molecule has 1 aromatic rings. The summed E-state index contributed by atoms with van der Waals surface area (Å²) in [4.78, 5) is 11.6. The molecule has 0 aliphatic heterocycles. The summed E-state index contributed by atoms with van der Waals surface area (Å²) in [6.07, 6.45) is -1.10. The highest BCUT2D eigenvalue weighted by Gasteiger charge is 2.31. The van der Waals surface area contributed by atoms with Gasteiger partial charge in [-0.2, -0.15) is 13.2 Å². The Morgan fingerprint density at radius 2 is 1.89 bits per heavy atom. The molecule has 2 rings (SSSR count). The summed E-state index contributed by atoms with van der Waals surface area (Å²) in [6.45, 7) is 0. The molecule has 2 nitrogen and oxygen atoms in total. The van der Waals surface area contributed by atoms with Crippen molar-refractivity contribution in [1.82, 2.24) is 0 Å². The van der Waals surface area contributed by atoms with E-state index in [0.29, 0.717) is 11.1 Å². The second kappa shape index (κ2) is 5.07. The van der Waals surface area contributed by atoms with Crippen LogP contribution in [-0.2, 0) is 15.7 Å². The first kappa shape index (κ1) is 13.6. The van der Waals surface area contributed by atoms with Crippen LogP contribution < -0.4 is 0 Å². The first-order valence-corrected chi connectivity index (χ1v) is 5.89. The number of halogens is 3. The molecule has 0 heterocycles. The van der Waals surface area contributed by atoms with Gasteiger partial charge in [0.25, 0.3) is 0 Å². The Labute approximate surface area is 108 Å². The molecule has 1 unspecified atom stereocenters. The fourth-order valence-electron chi connectivity index (χ4n) is 2.30. The molecule has 0 spiro atoms. The van der Waals surface area contributed by atoms with Gasteiger partial charge in [-0.1, -0.05) is 18.2 Å². The highest BCUT2D eigenvalue weighted by atomic mass is 19.4. The molecule has 1 aliphatic rings. The lowest BCUT2D eigenvalue weighted by molar-refractivity contribution is -0.138. The van der Waals surface area contributed by atoms with Crippen LogP contribution in [0.1, 0.15) is 29.9 Å². The zero-order valence-corrected chi connectivity index (χ0v) is 10.3. The molecule has 0 N–H and O–H groups in total. The number of ether oxygens (including phenoxy) is 1. The molecule has 1 aliphatic carbocycles. The molecule has 5 heteroatoms. The van der Waals surface area contributed by atoms with Crippen molar-refractivity contribution in [3.05, 3.63) is 47.0 Å². The third-order valence-electron chi connectivity index (χ3n) is 3.26. The summed E-state index contributed by atoms with van der Waals surface area (Å²) in [5.41, 5.74) is 0.558. The van der Waals surface area contributed by atoms with Crippen LogP contribution in [0, 0.1) is 0 Å². The largest absolute Gasteiger partial charge is 0.466 e. The Hall–Kier alpha value is -1.78. The van der Waals surface area contributed by atoms with Crippen LogP contribution in [0.5, 0.6) is 0 Å². The van der Waals surface area contributed by atoms with Crippen molar-refractivity contribution in [3.63, 3.8) is 0 Å². The first-order chi connectivity index (χ1) is 8.93. The molecule has 0 saturated heterocycles. The first-order valence-electron chi connectivity index (χ1n) is 5.89. The molecule has 0 amide bonds. The molecule has 0 fully saturated rings. The topological polar surface area (TPSA) is 26.3 Å². The van der Waals surface area contributed by atoms with Gasteiger partial charge in [0.05, 0.1) is 12.7 Å². The van der Waals surface area contributed by atoms with E-state index < -0.39 is 17.7 Å². The van der Waals surface area contributed by atoms with E-state index >= 15 is 0 Å². The number of hydrogen-bond acceptors (Lipinski definition) is 2. The highest BCUT2D eigenvalue weighted by molar-refractivity contribution is 5.90. The van der Waals surface area contributed by atoms with E-state index in [0.717, 1.165) is 25.0 Å². The molecule has 19 heavy (non-hydrogen) atoms. The number of methoxy groups -OCH3 is 1. The number of esters is 1. The van der Waals surface area contributed by atoms with E-state index in [1.165, 1.54) is 19.2 Å². The number of rotatable bonds is 2. The Kier molecular flexibility index (Phi) is 3.64. The maximum atomic E-state index is 12.5. The number of carbonyl (C=O) groups is 1. The zero-order valence-electron chi connectivity index (χ0n) is 10.3. The van der Waals surface area contributed by atoms with Gasteiger partial charge in [0.1, 0.15) is 0 Å². The number of carbonyl (C=O) groups excluding carboxylic acids is 1. The quantitative estimate of drug-likeness (QED) is 0.766. The minimum absolute atomic E-state index is 0.172. The second-order valence-electron chi connectivity index (χ2n) is 4.40. The fraction of sp³-hybridized carbons (Fsp3) is 0.357. The van der Waals surface area contributed by atoms with Gasteiger partial charge < -0.3 is 4.74 Å². The zero-order chi connectivity index (χ0) is 14.0. The maximum Gasteiger partial charge on any atom is 0.416 e. The van der Waals surface area contributed by atoms with E-state index in [1.54, 1.807) is 6.08 Å². The van der Waals surface area contributed by atoms with Gasteiger partial charge >= 0.3 is 12.1 Å². The molecule has 1 aromatic carbocycles. The van der Waals surface area contributed by atoms with Gasteiger partial charge in [0, 0.05) is 11.5 Å². The lowest BCUT2D eigenvalue weighted by Crippen LogP contribution is -2.11. The van der Waals surface area contributed by atoms with E-state index in [1.807, 2.05) is 0 Å². The van der Waals surface area contributed by atoms with Crippen LogP contribution in [0.25, 0.3) is 0 Å². The summed E-state index contributed by atoms with van der Waals surface area (Å²) >= 11 is 0. The van der Waals surface area contributed by atoms with E-state index in [-0.39, 0.29) is 5.92 Å². The molecule has 102 valence electrons. The molecular weight excluding hydrogens is 257 g/mol. The molecule has 0 radical (unpaired) electrons. The van der Waals surface area contributed by atoms with Gasteiger partial charge in [0.2, 0.25) is 0 Å². The second-order valence-corrected chi connectivity index (χ2v) is 4.40. The number of alkyl halides is 3. The van der Waals surface area contributed by atoms with Gasteiger partial charge in [-0.25, -0.2) is 4.79 Å². The molecule has 1 atom stereocenters. The average Bonchev–Trinajstić information content (AvgIpc) is 2.86. The average molecular weight is 270 g/mol. The third kappa shape index (κ3) is 2.80. The van der Waals surface area contributed by atoms with Gasteiger partial charge in [-0.05, 0) is 30.5 Å². The Bertz CT molecular complexity index is 500. The Morgan fingerprint density at radius 1 is 1.26 bits per heavy atom. The monoisotopic (exact) mass is 270 g/mol. The van der Waals surface area contributed by atoms with E-state index in [4.69, 9.17) is 0 Å². The normalized spacial score (nSPS) is 19.2. The molecule has 0 aromatic heterocycles. The highest BCUT2D eigenvalue weighted by Crippen LogP contribution is 2.37. The van der Waals surface area contributed by atoms with Crippen molar-refractivity contribution in [1.29, 1.82) is 0 Å². The minimum Gasteiger partial charge on any atom is -0.466 e. The van der Waals surface area contributed by atoms with Gasteiger partial charge in [-0.15, -0.1) is 0 Å². The number of allylic oxidation sites excluding steroid dienone is 1. The van der Waals surface area contributed by atoms with Crippen molar-refractivity contribution < 1.29 is 22.7 Å². The van der Waals surface area contributed by atoms with Crippen LogP contribution >= 0.6 is 0 Å². The number of benzene rings is 1. The predicted molar refractivity (Wildman–Crippen MR) is 63.5 cm³/mol. The lowest BCUT2D eigenvalue weighted by Gasteiger charge is -2.15. The number of hydrogen-bond donors (Lipinski definition) is 0. The van der Waals surface area contributed by atoms with Gasteiger partial charge in [-0.3, -0.25) is 0 Å². The molecular formula is C14H13F3O2. The molecule has 0 bridgehead atoms. The third-order valence-corrected chi connectivity index (χ3v) is 3.26. The Morgan fingerprint density at radius 3 is 2.42 bits per heavy atom. The van der Waals surface area contributed by atoms with Crippen molar-refractivity contribution >= 4 is 5.97 Å². The fourth-order valence-corrected chi connectivity index (χ4v) is 2.30. The van der Waals surface area contributed by atoms with Crippen LogP contribution in [-0.4, -0.2) is 13.1 Å². The van der Waals surface area contributed by atoms with Crippen molar-refractivity contribution in [2.45, 2.75) is 24.9 Å². The summed E-state index contributed by atoms with van der Waals surface area (Å²) in [7, 11) is 1.30. The Balaban J connectivity index is 2.24. The van der Waals surface area contributed by atoms with Crippen molar-refractivity contribution in [3.8, 4) is 0 Å². The smallest absolute Gasteiger partial charge is 0.416 e. The van der Waals surface area contributed by atoms with Gasteiger partial charge in [0.15, 0.2) is 0 Å². The van der Waals surface area contributed by atoms with Crippen LogP contribution in [0.15, 0.2) is 35.9 Å². The van der Waals surface area contributed by atoms with E-state index in [2.05, 4.69) is 4.74 Å². The van der Waals surface area contributed by atoms with Crippen LogP contribution in [0.3, 0.4) is 0 Å². The minimum atomic E-state index is -4.34. The van der Waals surface area contributed by atoms with Crippen molar-refractivity contribution in [2.75, 3.05) is 7.11 Å². The predicted octanol–water partition coefficient (Wildman–Crippen LogP) is 3.68. The lowest BCUT2D eigenvalue weighted by atomic mass is 9.92. The van der Waals surface area contributed by atoms with Crippen LogP contribution in [0.4, 0.5) is 13.2 Å².